The minimum atomic E-state index is -0.299. The molecule has 1 heterocycles. The van der Waals surface area contributed by atoms with Gasteiger partial charge in [0.25, 0.3) is 5.91 Å². The van der Waals surface area contributed by atoms with Crippen molar-refractivity contribution in [1.82, 2.24) is 10.2 Å². The van der Waals surface area contributed by atoms with E-state index in [0.717, 1.165) is 17.5 Å². The normalized spacial score (nSPS) is 14.9. The first-order chi connectivity index (χ1) is 17.0. The number of rotatable bonds is 8. The van der Waals surface area contributed by atoms with Gasteiger partial charge in [0, 0.05) is 19.1 Å². The van der Waals surface area contributed by atoms with Crippen molar-refractivity contribution in [3.63, 3.8) is 0 Å². The summed E-state index contributed by atoms with van der Waals surface area (Å²) in [5, 5.41) is 3.11. The van der Waals surface area contributed by atoms with Gasteiger partial charge < -0.3 is 15.0 Å². The van der Waals surface area contributed by atoms with E-state index in [2.05, 4.69) is 5.32 Å². The summed E-state index contributed by atoms with van der Waals surface area (Å²) >= 11 is 0. The van der Waals surface area contributed by atoms with E-state index < -0.39 is 0 Å². The van der Waals surface area contributed by atoms with Gasteiger partial charge in [-0.3, -0.25) is 9.59 Å². The van der Waals surface area contributed by atoms with E-state index in [1.165, 1.54) is 12.1 Å². The number of piperidine rings is 1. The van der Waals surface area contributed by atoms with Crippen LogP contribution in [-0.4, -0.2) is 35.8 Å². The van der Waals surface area contributed by atoms with Gasteiger partial charge in [0.15, 0.2) is 0 Å². The van der Waals surface area contributed by atoms with Gasteiger partial charge in [-0.2, -0.15) is 0 Å². The van der Waals surface area contributed by atoms with Gasteiger partial charge >= 0.3 is 0 Å². The minimum Gasteiger partial charge on any atom is -0.488 e. The summed E-state index contributed by atoms with van der Waals surface area (Å²) in [7, 11) is 0. The van der Waals surface area contributed by atoms with Crippen LogP contribution in [0.2, 0.25) is 0 Å². The van der Waals surface area contributed by atoms with Crippen molar-refractivity contribution in [2.75, 3.05) is 13.1 Å². The highest BCUT2D eigenvalue weighted by molar-refractivity contribution is 5.97. The summed E-state index contributed by atoms with van der Waals surface area (Å²) < 4.78 is 19.0. The molecule has 0 saturated carbocycles. The molecule has 35 heavy (non-hydrogen) atoms. The number of ether oxygens (including phenoxy) is 1. The Morgan fingerprint density at radius 1 is 0.971 bits per heavy atom. The SMILES string of the molecule is CCC(C(=O)N1CCC(NC(=O)c2ccccc2OCc2ccc(F)cc2)CC1)c1ccccc1. The van der Waals surface area contributed by atoms with Gasteiger partial charge in [0.2, 0.25) is 5.91 Å². The summed E-state index contributed by atoms with van der Waals surface area (Å²) in [4.78, 5) is 28.1. The van der Waals surface area contributed by atoms with Crippen LogP contribution in [0.1, 0.15) is 53.6 Å². The largest absolute Gasteiger partial charge is 0.488 e. The Morgan fingerprint density at radius 2 is 1.63 bits per heavy atom. The lowest BCUT2D eigenvalue weighted by Crippen LogP contribution is -2.47. The third kappa shape index (κ3) is 6.27. The number of carbonyl (C=O) groups is 2. The van der Waals surface area contributed by atoms with Crippen molar-refractivity contribution >= 4 is 11.8 Å². The highest BCUT2D eigenvalue weighted by Gasteiger charge is 2.29. The van der Waals surface area contributed by atoms with Crippen LogP contribution in [0.15, 0.2) is 78.9 Å². The van der Waals surface area contributed by atoms with Crippen LogP contribution in [0.5, 0.6) is 5.75 Å². The first kappa shape index (κ1) is 24.5. The predicted molar refractivity (Wildman–Crippen MR) is 134 cm³/mol. The molecule has 1 fully saturated rings. The third-order valence-corrected chi connectivity index (χ3v) is 6.49. The van der Waals surface area contributed by atoms with Crippen molar-refractivity contribution < 1.29 is 18.7 Å². The van der Waals surface area contributed by atoms with Crippen LogP contribution in [0.3, 0.4) is 0 Å². The maximum absolute atomic E-state index is 13.1. The standard InChI is InChI=1S/C29H31FN2O3/c1-2-25(22-8-4-3-5-9-22)29(34)32-18-16-24(17-19-32)31-28(33)26-10-6-7-11-27(26)35-20-21-12-14-23(30)15-13-21/h3-15,24-25H,2,16-20H2,1H3,(H,31,33). The van der Waals surface area contributed by atoms with E-state index in [-0.39, 0.29) is 36.2 Å². The molecule has 182 valence electrons. The number of carbonyl (C=O) groups excluding carboxylic acids is 2. The molecule has 0 aliphatic carbocycles. The average molecular weight is 475 g/mol. The van der Waals surface area contributed by atoms with E-state index >= 15 is 0 Å². The number of halogens is 1. The monoisotopic (exact) mass is 474 g/mol. The van der Waals surface area contributed by atoms with Gasteiger partial charge in [-0.1, -0.05) is 61.5 Å². The Morgan fingerprint density at radius 3 is 2.31 bits per heavy atom. The van der Waals surface area contributed by atoms with E-state index in [4.69, 9.17) is 4.74 Å². The average Bonchev–Trinajstić information content (AvgIpc) is 2.90. The highest BCUT2D eigenvalue weighted by Crippen LogP contribution is 2.25. The fraction of sp³-hybridized carbons (Fsp3) is 0.310. The zero-order chi connectivity index (χ0) is 24.6. The van der Waals surface area contributed by atoms with Crippen LogP contribution >= 0.6 is 0 Å². The number of nitrogens with one attached hydrogen (secondary N) is 1. The van der Waals surface area contributed by atoms with Crippen molar-refractivity contribution in [2.24, 2.45) is 0 Å². The van der Waals surface area contributed by atoms with Gasteiger partial charge in [-0.15, -0.1) is 0 Å². The smallest absolute Gasteiger partial charge is 0.255 e. The second kappa shape index (κ2) is 11.6. The number of hydrogen-bond acceptors (Lipinski definition) is 3. The molecule has 6 heteroatoms. The first-order valence-corrected chi connectivity index (χ1v) is 12.2. The second-order valence-corrected chi connectivity index (χ2v) is 8.86. The Kier molecular flexibility index (Phi) is 8.14. The molecule has 2 amide bonds. The maximum Gasteiger partial charge on any atom is 0.255 e. The number of para-hydroxylation sites is 1. The molecule has 3 aromatic rings. The Labute approximate surface area is 205 Å². The molecule has 3 aromatic carbocycles. The minimum absolute atomic E-state index is 0.00601. The van der Waals surface area contributed by atoms with E-state index in [9.17, 15) is 14.0 Å². The molecular weight excluding hydrogens is 443 g/mol. The van der Waals surface area contributed by atoms with Gasteiger partial charge in [-0.05, 0) is 54.7 Å². The Hall–Kier alpha value is -3.67. The van der Waals surface area contributed by atoms with Crippen LogP contribution in [0.25, 0.3) is 0 Å². The molecule has 0 radical (unpaired) electrons. The van der Waals surface area contributed by atoms with Crippen molar-refractivity contribution in [3.05, 3.63) is 101 Å². The third-order valence-electron chi connectivity index (χ3n) is 6.49. The molecule has 1 unspecified atom stereocenters. The Balaban J connectivity index is 1.32. The molecule has 0 aromatic heterocycles. The topological polar surface area (TPSA) is 58.6 Å². The fourth-order valence-electron chi connectivity index (χ4n) is 4.49. The molecular formula is C29H31FN2O3. The number of hydrogen-bond donors (Lipinski definition) is 1. The summed E-state index contributed by atoms with van der Waals surface area (Å²) in [5.41, 5.74) is 2.33. The molecule has 4 rings (SSSR count). The number of likely N-dealkylation sites (tertiary alicyclic amines) is 1. The summed E-state index contributed by atoms with van der Waals surface area (Å²) in [5.74, 6) is 0.0119. The number of nitrogens with zero attached hydrogens (tertiary/aromatic N) is 1. The maximum atomic E-state index is 13.1. The van der Waals surface area contributed by atoms with Crippen molar-refractivity contribution in [2.45, 2.75) is 44.8 Å². The van der Waals surface area contributed by atoms with E-state index in [1.807, 2.05) is 48.2 Å². The molecule has 1 aliphatic rings. The Bertz CT molecular complexity index is 1130. The van der Waals surface area contributed by atoms with Crippen LogP contribution in [0, 0.1) is 5.82 Å². The molecule has 0 bridgehead atoms. The molecule has 1 saturated heterocycles. The lowest BCUT2D eigenvalue weighted by atomic mass is 9.93. The molecule has 1 aliphatic heterocycles. The van der Waals surface area contributed by atoms with Crippen molar-refractivity contribution in [3.8, 4) is 5.75 Å². The fourth-order valence-corrected chi connectivity index (χ4v) is 4.49. The lowest BCUT2D eigenvalue weighted by Gasteiger charge is -2.34. The highest BCUT2D eigenvalue weighted by atomic mass is 19.1. The molecule has 0 spiro atoms. The quantitative estimate of drug-likeness (QED) is 0.481. The zero-order valence-electron chi connectivity index (χ0n) is 20.0. The van der Waals surface area contributed by atoms with Gasteiger partial charge in [-0.25, -0.2) is 4.39 Å². The van der Waals surface area contributed by atoms with E-state index in [1.54, 1.807) is 30.3 Å². The van der Waals surface area contributed by atoms with Gasteiger partial charge in [0.05, 0.1) is 11.5 Å². The summed E-state index contributed by atoms with van der Waals surface area (Å²) in [6, 6.07) is 23.1. The van der Waals surface area contributed by atoms with Crippen LogP contribution < -0.4 is 10.1 Å². The molecule has 5 nitrogen and oxygen atoms in total. The second-order valence-electron chi connectivity index (χ2n) is 8.86. The zero-order valence-corrected chi connectivity index (χ0v) is 20.0. The van der Waals surface area contributed by atoms with Crippen LogP contribution in [0.4, 0.5) is 4.39 Å². The van der Waals surface area contributed by atoms with Crippen molar-refractivity contribution in [1.29, 1.82) is 0 Å². The predicted octanol–water partition coefficient (Wildman–Crippen LogP) is 5.32. The molecule has 1 N–H and O–H groups in total. The first-order valence-electron chi connectivity index (χ1n) is 12.2. The number of benzene rings is 3. The summed E-state index contributed by atoms with van der Waals surface area (Å²) in [6.07, 6.45) is 2.18. The lowest BCUT2D eigenvalue weighted by molar-refractivity contribution is -0.134. The summed E-state index contributed by atoms with van der Waals surface area (Å²) in [6.45, 7) is 3.52. The number of amides is 2. The van der Waals surface area contributed by atoms with E-state index in [0.29, 0.717) is 37.2 Å². The van der Waals surface area contributed by atoms with Crippen LogP contribution in [-0.2, 0) is 11.4 Å². The molecule has 1 atom stereocenters. The van der Waals surface area contributed by atoms with Gasteiger partial charge in [0.1, 0.15) is 18.2 Å².